The molecule has 0 aromatic heterocycles. The highest BCUT2D eigenvalue weighted by Gasteiger charge is 2.15. The Labute approximate surface area is 188 Å². The second-order valence-electron chi connectivity index (χ2n) is 9.02. The molecule has 4 rings (SSSR count). The third kappa shape index (κ3) is 3.65. The van der Waals surface area contributed by atoms with Gasteiger partial charge in [0.25, 0.3) is 0 Å². The van der Waals surface area contributed by atoms with Crippen molar-refractivity contribution in [3.05, 3.63) is 69.8 Å². The van der Waals surface area contributed by atoms with Gasteiger partial charge in [-0.15, -0.1) is 0 Å². The van der Waals surface area contributed by atoms with Crippen molar-refractivity contribution in [1.82, 2.24) is 0 Å². The summed E-state index contributed by atoms with van der Waals surface area (Å²) in [6.45, 7) is 13.8. The van der Waals surface area contributed by atoms with E-state index in [2.05, 4.69) is 77.9 Å². The van der Waals surface area contributed by atoms with Gasteiger partial charge in [0.15, 0.2) is 0 Å². The molecular weight excluding hydrogens is 372 g/mol. The highest BCUT2D eigenvalue weighted by atomic mass is 14.2. The molecule has 0 N–H and O–H groups in total. The summed E-state index contributed by atoms with van der Waals surface area (Å²) >= 11 is 0. The Kier molecular flexibility index (Phi) is 6.37. The van der Waals surface area contributed by atoms with E-state index >= 15 is 0 Å². The first-order chi connectivity index (χ1) is 15.1. The number of hydrogen-bond donors (Lipinski definition) is 0. The van der Waals surface area contributed by atoms with Crippen LogP contribution >= 0.6 is 0 Å². The lowest BCUT2D eigenvalue weighted by Gasteiger charge is -2.19. The number of benzene rings is 4. The maximum absolute atomic E-state index is 2.53. The Hall–Kier alpha value is -2.34. The summed E-state index contributed by atoms with van der Waals surface area (Å²) < 4.78 is 0. The van der Waals surface area contributed by atoms with Gasteiger partial charge in [0.1, 0.15) is 0 Å². The number of aryl methyl sites for hydroxylation is 6. The molecule has 0 fully saturated rings. The van der Waals surface area contributed by atoms with Gasteiger partial charge in [-0.1, -0.05) is 84.4 Å². The average molecular weight is 411 g/mol. The van der Waals surface area contributed by atoms with Crippen LogP contribution in [0.1, 0.15) is 81.3 Å². The van der Waals surface area contributed by atoms with E-state index in [4.69, 9.17) is 0 Å². The van der Waals surface area contributed by atoms with Crippen LogP contribution < -0.4 is 0 Å². The molecule has 0 aliphatic carbocycles. The molecule has 0 unspecified atom stereocenters. The predicted molar refractivity (Wildman–Crippen MR) is 140 cm³/mol. The van der Waals surface area contributed by atoms with Crippen molar-refractivity contribution in [1.29, 1.82) is 0 Å². The molecule has 162 valence electrons. The van der Waals surface area contributed by atoms with E-state index < -0.39 is 0 Å². The monoisotopic (exact) mass is 410 g/mol. The fourth-order valence-corrected chi connectivity index (χ4v) is 5.55. The van der Waals surface area contributed by atoms with Gasteiger partial charge < -0.3 is 0 Å². The van der Waals surface area contributed by atoms with Gasteiger partial charge in [0.2, 0.25) is 0 Å². The summed E-state index contributed by atoms with van der Waals surface area (Å²) in [5, 5.41) is 8.68. The zero-order chi connectivity index (χ0) is 22.1. The largest absolute Gasteiger partial charge is 0.0651 e. The van der Waals surface area contributed by atoms with E-state index in [1.54, 1.807) is 0 Å². The maximum Gasteiger partial charge on any atom is -0.00959 e. The molecule has 0 heteroatoms. The van der Waals surface area contributed by atoms with Gasteiger partial charge >= 0.3 is 0 Å². The first kappa shape index (κ1) is 21.9. The van der Waals surface area contributed by atoms with E-state index in [0.29, 0.717) is 0 Å². The van der Waals surface area contributed by atoms with Crippen LogP contribution in [-0.4, -0.2) is 0 Å². The van der Waals surface area contributed by atoms with Gasteiger partial charge in [-0.25, -0.2) is 0 Å². The summed E-state index contributed by atoms with van der Waals surface area (Å²) in [5.74, 6) is 0. The molecule has 0 amide bonds. The Morgan fingerprint density at radius 2 is 0.581 bits per heavy atom. The lowest BCUT2D eigenvalue weighted by atomic mass is 9.85. The summed E-state index contributed by atoms with van der Waals surface area (Å²) in [6.07, 6.45) is 7.87. The highest BCUT2D eigenvalue weighted by molar-refractivity contribution is 6.26. The van der Waals surface area contributed by atoms with E-state index in [9.17, 15) is 0 Å². The van der Waals surface area contributed by atoms with Crippen LogP contribution in [0, 0.1) is 0 Å². The Balaban J connectivity index is 2.27. The zero-order valence-corrected chi connectivity index (χ0v) is 20.4. The highest BCUT2D eigenvalue weighted by Crippen LogP contribution is 2.39. The number of hydrogen-bond acceptors (Lipinski definition) is 0. The average Bonchev–Trinajstić information content (AvgIpc) is 2.82. The molecule has 0 atom stereocenters. The van der Waals surface area contributed by atoms with Crippen molar-refractivity contribution in [2.75, 3.05) is 0 Å². The molecular formula is C31H38. The summed E-state index contributed by atoms with van der Waals surface area (Å²) in [6, 6.07) is 15.1. The SMILES string of the molecule is CCCc1cc2c3cc(CC)c(CC)cc3c3cc(CC)c(CC)cc3c2cc1CC. The first-order valence-corrected chi connectivity index (χ1v) is 12.6. The van der Waals surface area contributed by atoms with E-state index in [1.807, 2.05) is 0 Å². The lowest BCUT2D eigenvalue weighted by molar-refractivity contribution is 0.902. The van der Waals surface area contributed by atoms with E-state index in [-0.39, 0.29) is 0 Å². The first-order valence-electron chi connectivity index (χ1n) is 12.6. The molecule has 0 saturated carbocycles. The fraction of sp³-hybridized carbons (Fsp3) is 0.419. The summed E-state index contributed by atoms with van der Waals surface area (Å²) in [4.78, 5) is 0. The van der Waals surface area contributed by atoms with Crippen LogP contribution in [0.2, 0.25) is 0 Å². The smallest absolute Gasteiger partial charge is 0.00959 e. The molecule has 0 nitrogen and oxygen atoms in total. The van der Waals surface area contributed by atoms with Crippen molar-refractivity contribution >= 4 is 32.3 Å². The predicted octanol–water partition coefficient (Wildman–Crippen LogP) is 8.91. The van der Waals surface area contributed by atoms with E-state index in [1.165, 1.54) is 78.5 Å². The van der Waals surface area contributed by atoms with Gasteiger partial charge in [-0.2, -0.15) is 0 Å². The second kappa shape index (κ2) is 9.03. The molecule has 0 spiro atoms. The van der Waals surface area contributed by atoms with Crippen LogP contribution in [0.5, 0.6) is 0 Å². The molecule has 4 aromatic carbocycles. The minimum absolute atomic E-state index is 1.10. The van der Waals surface area contributed by atoms with Crippen molar-refractivity contribution < 1.29 is 0 Å². The molecule has 0 saturated heterocycles. The third-order valence-corrected chi connectivity index (χ3v) is 7.31. The summed E-state index contributed by atoms with van der Waals surface area (Å²) in [5.41, 5.74) is 9.09. The number of fused-ring (bicyclic) bond motifs is 6. The topological polar surface area (TPSA) is 0 Å². The maximum atomic E-state index is 2.53. The standard InChI is InChI=1S/C31H38/c1-7-13-25-19-31-29-17-23(11-5)21(9-3)15-27(29)26-14-20(8-2)22(10-4)16-28(26)30(31)18-24(25)12-6/h14-19H,7-13H2,1-6H3. The fourth-order valence-electron chi connectivity index (χ4n) is 5.55. The Bertz CT molecular complexity index is 1220. The number of rotatable bonds is 7. The van der Waals surface area contributed by atoms with Gasteiger partial charge in [-0.3, -0.25) is 0 Å². The third-order valence-electron chi connectivity index (χ3n) is 7.31. The van der Waals surface area contributed by atoms with Crippen molar-refractivity contribution in [3.8, 4) is 0 Å². The molecule has 4 aromatic rings. The van der Waals surface area contributed by atoms with E-state index in [0.717, 1.165) is 32.1 Å². The van der Waals surface area contributed by atoms with Crippen molar-refractivity contribution in [3.63, 3.8) is 0 Å². The minimum Gasteiger partial charge on any atom is -0.0651 e. The lowest BCUT2D eigenvalue weighted by Crippen LogP contribution is -1.98. The van der Waals surface area contributed by atoms with Gasteiger partial charge in [0.05, 0.1) is 0 Å². The van der Waals surface area contributed by atoms with Crippen LogP contribution in [0.25, 0.3) is 32.3 Å². The normalized spacial score (nSPS) is 11.8. The van der Waals surface area contributed by atoms with Crippen molar-refractivity contribution in [2.45, 2.75) is 86.5 Å². The van der Waals surface area contributed by atoms with Crippen LogP contribution in [0.3, 0.4) is 0 Å². The molecule has 31 heavy (non-hydrogen) atoms. The minimum atomic E-state index is 1.10. The molecule has 0 radical (unpaired) electrons. The molecule has 0 bridgehead atoms. The van der Waals surface area contributed by atoms with Gasteiger partial charge in [0, 0.05) is 0 Å². The quantitative estimate of drug-likeness (QED) is 0.267. The molecule has 0 aliphatic heterocycles. The Morgan fingerprint density at radius 3 is 0.806 bits per heavy atom. The van der Waals surface area contributed by atoms with Crippen LogP contribution in [0.15, 0.2) is 36.4 Å². The Morgan fingerprint density at radius 1 is 0.355 bits per heavy atom. The summed E-state index contributed by atoms with van der Waals surface area (Å²) in [7, 11) is 0. The van der Waals surface area contributed by atoms with Crippen molar-refractivity contribution in [2.24, 2.45) is 0 Å². The molecule has 0 aliphatic rings. The second-order valence-corrected chi connectivity index (χ2v) is 9.02. The van der Waals surface area contributed by atoms with Crippen LogP contribution in [-0.2, 0) is 38.5 Å². The zero-order valence-electron chi connectivity index (χ0n) is 20.4. The van der Waals surface area contributed by atoms with Gasteiger partial charge in [-0.05, 0) is 104 Å². The molecule has 0 heterocycles. The van der Waals surface area contributed by atoms with Crippen LogP contribution in [0.4, 0.5) is 0 Å².